The molecule has 1 aromatic heterocycles. The van der Waals surface area contributed by atoms with Crippen LogP contribution < -0.4 is 10.2 Å². The van der Waals surface area contributed by atoms with Gasteiger partial charge in [-0.15, -0.1) is 0 Å². The van der Waals surface area contributed by atoms with Gasteiger partial charge >= 0.3 is 0 Å². The second kappa shape index (κ2) is 9.19. The first kappa shape index (κ1) is 17.3. The molecule has 1 rings (SSSR count). The summed E-state index contributed by atoms with van der Waals surface area (Å²) in [7, 11) is 0. The highest BCUT2D eigenvalue weighted by Crippen LogP contribution is 2.23. The first-order chi connectivity index (χ1) is 9.63. The van der Waals surface area contributed by atoms with E-state index in [0.29, 0.717) is 6.04 Å². The van der Waals surface area contributed by atoms with Crippen LogP contribution in [0, 0.1) is 0 Å². The number of hydrogen-bond donors (Lipinski definition) is 1. The van der Waals surface area contributed by atoms with Gasteiger partial charge in [-0.25, -0.2) is 4.98 Å². The fraction of sp³-hybridized carbons (Fsp3) is 0.688. The minimum Gasteiger partial charge on any atom is -0.354 e. The molecule has 0 amide bonds. The molecular weight excluding hydrogens is 270 g/mol. The molecular formula is C16H28ClN3. The summed E-state index contributed by atoms with van der Waals surface area (Å²) >= 11 is 6.23. The van der Waals surface area contributed by atoms with Gasteiger partial charge in [-0.1, -0.05) is 38.8 Å². The predicted octanol–water partition coefficient (Wildman–Crippen LogP) is 4.25. The number of nitrogens with zero attached hydrogens (tertiary/aromatic N) is 2. The summed E-state index contributed by atoms with van der Waals surface area (Å²) in [6.07, 6.45) is 5.30. The van der Waals surface area contributed by atoms with E-state index < -0.39 is 0 Å². The van der Waals surface area contributed by atoms with Gasteiger partial charge in [-0.3, -0.25) is 0 Å². The standard InChI is InChI=1S/C16H28ClN3/c1-5-8-9-20(13(4)6-2)16-10-14(11-18-7-3)15(17)12-19-16/h10,12-13,18H,5-9,11H2,1-4H3. The van der Waals surface area contributed by atoms with Crippen LogP contribution in [0.25, 0.3) is 0 Å². The van der Waals surface area contributed by atoms with E-state index in [-0.39, 0.29) is 0 Å². The highest BCUT2D eigenvalue weighted by atomic mass is 35.5. The van der Waals surface area contributed by atoms with E-state index in [1.54, 1.807) is 6.20 Å². The number of anilines is 1. The number of nitrogens with one attached hydrogen (secondary N) is 1. The molecule has 0 saturated carbocycles. The van der Waals surface area contributed by atoms with E-state index in [2.05, 4.69) is 49.0 Å². The summed E-state index contributed by atoms with van der Waals surface area (Å²) in [5.74, 6) is 1.05. The van der Waals surface area contributed by atoms with Crippen LogP contribution in [-0.4, -0.2) is 24.1 Å². The molecule has 0 aliphatic rings. The number of rotatable bonds is 9. The van der Waals surface area contributed by atoms with Gasteiger partial charge in [-0.2, -0.15) is 0 Å². The molecule has 1 heterocycles. The number of unbranched alkanes of at least 4 members (excludes halogenated alkanes) is 1. The van der Waals surface area contributed by atoms with Gasteiger partial charge in [0.25, 0.3) is 0 Å². The van der Waals surface area contributed by atoms with Crippen molar-refractivity contribution in [3.8, 4) is 0 Å². The average molecular weight is 298 g/mol. The quantitative estimate of drug-likeness (QED) is 0.738. The van der Waals surface area contributed by atoms with E-state index >= 15 is 0 Å². The third-order valence-electron chi connectivity index (χ3n) is 3.66. The van der Waals surface area contributed by atoms with Crippen LogP contribution in [0.5, 0.6) is 0 Å². The van der Waals surface area contributed by atoms with Crippen LogP contribution in [0.3, 0.4) is 0 Å². The maximum Gasteiger partial charge on any atom is 0.129 e. The van der Waals surface area contributed by atoms with Gasteiger partial charge in [0.05, 0.1) is 5.02 Å². The predicted molar refractivity (Wildman–Crippen MR) is 88.6 cm³/mol. The molecule has 0 aromatic carbocycles. The Morgan fingerprint density at radius 3 is 2.70 bits per heavy atom. The van der Waals surface area contributed by atoms with Crippen LogP contribution in [0.2, 0.25) is 5.02 Å². The summed E-state index contributed by atoms with van der Waals surface area (Å²) in [5.41, 5.74) is 1.13. The molecule has 20 heavy (non-hydrogen) atoms. The molecule has 0 bridgehead atoms. The van der Waals surface area contributed by atoms with Crippen LogP contribution in [0.1, 0.15) is 52.5 Å². The molecule has 0 radical (unpaired) electrons. The van der Waals surface area contributed by atoms with Gasteiger partial charge in [0.2, 0.25) is 0 Å². The Kier molecular flexibility index (Phi) is 7.93. The van der Waals surface area contributed by atoms with E-state index in [1.165, 1.54) is 12.8 Å². The fourth-order valence-corrected chi connectivity index (χ4v) is 2.30. The van der Waals surface area contributed by atoms with Crippen LogP contribution in [0.4, 0.5) is 5.82 Å². The SMILES string of the molecule is CCCCN(c1cc(CNCC)c(Cl)cn1)C(C)CC. The molecule has 1 aromatic rings. The molecule has 1 atom stereocenters. The van der Waals surface area contributed by atoms with Crippen molar-refractivity contribution in [1.82, 2.24) is 10.3 Å². The molecule has 4 heteroatoms. The van der Waals surface area contributed by atoms with E-state index in [1.807, 2.05) is 0 Å². The van der Waals surface area contributed by atoms with Crippen molar-refractivity contribution < 1.29 is 0 Å². The Bertz CT molecular complexity index is 395. The fourth-order valence-electron chi connectivity index (χ4n) is 2.13. The van der Waals surface area contributed by atoms with Crippen molar-refractivity contribution in [2.45, 2.75) is 59.5 Å². The zero-order valence-electron chi connectivity index (χ0n) is 13.2. The third-order valence-corrected chi connectivity index (χ3v) is 4.00. The molecule has 0 spiro atoms. The van der Waals surface area contributed by atoms with E-state index in [4.69, 9.17) is 11.6 Å². The van der Waals surface area contributed by atoms with Gasteiger partial charge in [-0.05, 0) is 37.9 Å². The molecule has 1 N–H and O–H groups in total. The Hall–Kier alpha value is -0.800. The zero-order chi connectivity index (χ0) is 15.0. The summed E-state index contributed by atoms with van der Waals surface area (Å²) in [4.78, 5) is 6.93. The van der Waals surface area contributed by atoms with Crippen molar-refractivity contribution >= 4 is 17.4 Å². The number of halogens is 1. The summed E-state index contributed by atoms with van der Waals surface area (Å²) in [6.45, 7) is 11.6. The monoisotopic (exact) mass is 297 g/mol. The van der Waals surface area contributed by atoms with E-state index in [0.717, 1.165) is 42.5 Å². The molecule has 0 aliphatic carbocycles. The minimum atomic E-state index is 0.502. The van der Waals surface area contributed by atoms with Gasteiger partial charge in [0.1, 0.15) is 5.82 Å². The van der Waals surface area contributed by atoms with Crippen LogP contribution in [-0.2, 0) is 6.54 Å². The van der Waals surface area contributed by atoms with Crippen LogP contribution >= 0.6 is 11.6 Å². The maximum atomic E-state index is 6.23. The van der Waals surface area contributed by atoms with Crippen molar-refractivity contribution in [3.63, 3.8) is 0 Å². The summed E-state index contributed by atoms with van der Waals surface area (Å²) in [6, 6.07) is 2.63. The lowest BCUT2D eigenvalue weighted by atomic mass is 10.1. The Morgan fingerprint density at radius 2 is 2.10 bits per heavy atom. The number of hydrogen-bond acceptors (Lipinski definition) is 3. The van der Waals surface area contributed by atoms with Crippen molar-refractivity contribution in [2.75, 3.05) is 18.0 Å². The molecule has 0 aliphatic heterocycles. The minimum absolute atomic E-state index is 0.502. The lowest BCUT2D eigenvalue weighted by molar-refractivity contribution is 0.589. The molecule has 1 unspecified atom stereocenters. The highest BCUT2D eigenvalue weighted by Gasteiger charge is 2.15. The first-order valence-corrected chi connectivity index (χ1v) is 8.13. The van der Waals surface area contributed by atoms with Crippen molar-refractivity contribution in [1.29, 1.82) is 0 Å². The second-order valence-electron chi connectivity index (χ2n) is 5.22. The highest BCUT2D eigenvalue weighted by molar-refractivity contribution is 6.31. The molecule has 114 valence electrons. The Morgan fingerprint density at radius 1 is 1.35 bits per heavy atom. The average Bonchev–Trinajstić information content (AvgIpc) is 2.47. The molecule has 0 fully saturated rings. The van der Waals surface area contributed by atoms with Crippen molar-refractivity contribution in [2.24, 2.45) is 0 Å². The Labute approximate surface area is 128 Å². The van der Waals surface area contributed by atoms with Crippen molar-refractivity contribution in [3.05, 3.63) is 22.8 Å². The maximum absolute atomic E-state index is 6.23. The number of aromatic nitrogens is 1. The lowest BCUT2D eigenvalue weighted by Gasteiger charge is -2.30. The molecule has 0 saturated heterocycles. The zero-order valence-corrected chi connectivity index (χ0v) is 14.0. The largest absolute Gasteiger partial charge is 0.354 e. The summed E-state index contributed by atoms with van der Waals surface area (Å²) < 4.78 is 0. The Balaban J connectivity index is 2.94. The van der Waals surface area contributed by atoms with Crippen LogP contribution in [0.15, 0.2) is 12.3 Å². The smallest absolute Gasteiger partial charge is 0.129 e. The lowest BCUT2D eigenvalue weighted by Crippen LogP contribution is -2.34. The first-order valence-electron chi connectivity index (χ1n) is 7.75. The number of pyridine rings is 1. The summed E-state index contributed by atoms with van der Waals surface area (Å²) in [5, 5.41) is 4.07. The van der Waals surface area contributed by atoms with Gasteiger partial charge in [0, 0.05) is 25.3 Å². The third kappa shape index (κ3) is 4.95. The van der Waals surface area contributed by atoms with E-state index in [9.17, 15) is 0 Å². The normalized spacial score (nSPS) is 12.4. The topological polar surface area (TPSA) is 28.2 Å². The second-order valence-corrected chi connectivity index (χ2v) is 5.63. The molecule has 3 nitrogen and oxygen atoms in total. The van der Waals surface area contributed by atoms with Gasteiger partial charge in [0.15, 0.2) is 0 Å². The van der Waals surface area contributed by atoms with Gasteiger partial charge < -0.3 is 10.2 Å².